The van der Waals surface area contributed by atoms with Crippen molar-refractivity contribution in [2.24, 2.45) is 0 Å². The molecule has 0 fully saturated rings. The summed E-state index contributed by atoms with van der Waals surface area (Å²) in [5.41, 5.74) is 3.07. The zero-order valence-corrected chi connectivity index (χ0v) is 14.8. The van der Waals surface area contributed by atoms with Gasteiger partial charge in [-0.25, -0.2) is 0 Å². The third kappa shape index (κ3) is 2.58. The number of fused-ring (bicyclic) bond motifs is 2. The summed E-state index contributed by atoms with van der Waals surface area (Å²) in [7, 11) is 1.54. The summed E-state index contributed by atoms with van der Waals surface area (Å²) in [6, 6.07) is 13.0. The van der Waals surface area contributed by atoms with E-state index in [1.165, 1.54) is 7.11 Å². The quantitative estimate of drug-likeness (QED) is 0.846. The predicted molar refractivity (Wildman–Crippen MR) is 98.3 cm³/mol. The van der Waals surface area contributed by atoms with Crippen molar-refractivity contribution < 1.29 is 9.53 Å². The van der Waals surface area contributed by atoms with Gasteiger partial charge >= 0.3 is 0 Å². The van der Waals surface area contributed by atoms with Crippen molar-refractivity contribution in [2.45, 2.75) is 0 Å². The van der Waals surface area contributed by atoms with E-state index in [4.69, 9.17) is 27.9 Å². The maximum Gasteiger partial charge on any atom is 0.259 e. The summed E-state index contributed by atoms with van der Waals surface area (Å²) in [5.74, 6) is 0.284. The first kappa shape index (κ1) is 16.1. The monoisotopic (exact) mass is 372 g/mol. The third-order valence-electron chi connectivity index (χ3n) is 4.34. The van der Waals surface area contributed by atoms with E-state index in [-0.39, 0.29) is 5.91 Å². The van der Waals surface area contributed by atoms with Crippen molar-refractivity contribution in [1.29, 1.82) is 0 Å². The Labute approximate surface area is 154 Å². The van der Waals surface area contributed by atoms with Crippen LogP contribution in [0.2, 0.25) is 10.0 Å². The molecule has 0 aromatic heterocycles. The van der Waals surface area contributed by atoms with Crippen LogP contribution in [-0.4, -0.2) is 19.6 Å². The van der Waals surface area contributed by atoms with E-state index in [0.717, 1.165) is 27.3 Å². The second kappa shape index (κ2) is 6.14. The minimum atomic E-state index is -0.183. The Morgan fingerprint density at radius 1 is 1.08 bits per heavy atom. The fourth-order valence-electron chi connectivity index (χ4n) is 3.24. The van der Waals surface area contributed by atoms with Gasteiger partial charge in [0.25, 0.3) is 5.91 Å². The topological polar surface area (TPSA) is 50.4 Å². The second-order valence-corrected chi connectivity index (χ2v) is 6.58. The zero-order chi connectivity index (χ0) is 17.6. The molecule has 25 heavy (non-hydrogen) atoms. The second-order valence-electron chi connectivity index (χ2n) is 5.74. The average molecular weight is 373 g/mol. The van der Waals surface area contributed by atoms with Crippen LogP contribution in [0.5, 0.6) is 0 Å². The lowest BCUT2D eigenvalue weighted by Gasteiger charge is -2.12. The third-order valence-corrected chi connectivity index (χ3v) is 4.90. The van der Waals surface area contributed by atoms with Crippen molar-refractivity contribution in [2.75, 3.05) is 13.7 Å². The minimum Gasteiger partial charge on any atom is -0.482 e. The summed E-state index contributed by atoms with van der Waals surface area (Å²) >= 11 is 12.6. The molecule has 2 aliphatic heterocycles. The molecule has 0 unspecified atom stereocenters. The SMILES string of the molecule is COC1=C2CNC(c3ccccc3Cl)=c3cc(Cl)ccc3=C2C(=O)N1. The largest absolute Gasteiger partial charge is 0.482 e. The van der Waals surface area contributed by atoms with Gasteiger partial charge in [-0.2, -0.15) is 0 Å². The van der Waals surface area contributed by atoms with Gasteiger partial charge in [-0.1, -0.05) is 47.5 Å². The van der Waals surface area contributed by atoms with Crippen molar-refractivity contribution >= 4 is 40.4 Å². The van der Waals surface area contributed by atoms with Crippen LogP contribution < -0.4 is 21.1 Å². The number of benzene rings is 2. The maximum absolute atomic E-state index is 12.5. The summed E-state index contributed by atoms with van der Waals surface area (Å²) in [6.07, 6.45) is 0. The summed E-state index contributed by atoms with van der Waals surface area (Å²) < 4.78 is 5.34. The van der Waals surface area contributed by atoms with Gasteiger partial charge in [0.05, 0.1) is 18.4 Å². The minimum absolute atomic E-state index is 0.183. The number of methoxy groups -OCH3 is 1. The van der Waals surface area contributed by atoms with Crippen LogP contribution in [0.25, 0.3) is 11.3 Å². The van der Waals surface area contributed by atoms with E-state index in [1.54, 1.807) is 6.07 Å². The van der Waals surface area contributed by atoms with Crippen LogP contribution in [0, 0.1) is 0 Å². The number of nitrogens with one attached hydrogen (secondary N) is 2. The molecule has 1 amide bonds. The molecule has 2 aromatic carbocycles. The molecule has 0 atom stereocenters. The summed E-state index contributed by atoms with van der Waals surface area (Å²) in [5, 5.41) is 9.01. The van der Waals surface area contributed by atoms with E-state index in [9.17, 15) is 4.79 Å². The summed E-state index contributed by atoms with van der Waals surface area (Å²) in [6.45, 7) is 0.435. The van der Waals surface area contributed by atoms with Gasteiger partial charge in [0.2, 0.25) is 0 Å². The van der Waals surface area contributed by atoms with Gasteiger partial charge in [-0.3, -0.25) is 10.1 Å². The Morgan fingerprint density at radius 2 is 1.88 bits per heavy atom. The molecule has 2 N–H and O–H groups in total. The van der Waals surface area contributed by atoms with Crippen molar-refractivity contribution in [1.82, 2.24) is 10.6 Å². The maximum atomic E-state index is 12.5. The van der Waals surface area contributed by atoms with E-state index in [1.807, 2.05) is 36.4 Å². The van der Waals surface area contributed by atoms with Crippen molar-refractivity contribution in [3.63, 3.8) is 0 Å². The Bertz CT molecular complexity index is 1060. The Morgan fingerprint density at radius 3 is 2.64 bits per heavy atom. The molecular weight excluding hydrogens is 359 g/mol. The van der Waals surface area contributed by atoms with E-state index in [2.05, 4.69) is 10.6 Å². The number of hydrogen-bond donors (Lipinski definition) is 2. The molecule has 4 nitrogen and oxygen atoms in total. The first-order valence-electron chi connectivity index (χ1n) is 7.72. The fraction of sp³-hybridized carbons (Fsp3) is 0.105. The number of ether oxygens (including phenoxy) is 1. The standard InChI is InChI=1S/C19H14Cl2N2O2/c1-25-19-14-9-22-17(12-4-2-3-5-15(12)21)13-8-10(20)6-7-11(13)16(14)18(24)23-19/h2-8,22H,9H2,1H3,(H,23,24). The molecule has 4 rings (SSSR count). The molecule has 0 bridgehead atoms. The molecule has 2 aliphatic rings. The molecule has 0 saturated heterocycles. The van der Waals surface area contributed by atoms with Crippen molar-refractivity contribution in [3.8, 4) is 0 Å². The van der Waals surface area contributed by atoms with Crippen LogP contribution in [0.1, 0.15) is 5.56 Å². The first-order valence-corrected chi connectivity index (χ1v) is 8.47. The Kier molecular flexibility index (Phi) is 3.94. The highest BCUT2D eigenvalue weighted by molar-refractivity contribution is 6.32. The highest BCUT2D eigenvalue weighted by Crippen LogP contribution is 2.25. The van der Waals surface area contributed by atoms with E-state index < -0.39 is 0 Å². The number of hydrogen-bond acceptors (Lipinski definition) is 3. The van der Waals surface area contributed by atoms with Crippen LogP contribution >= 0.6 is 23.2 Å². The number of halogens is 2. The lowest BCUT2D eigenvalue weighted by molar-refractivity contribution is -0.115. The number of amides is 1. The molecular formula is C19H14Cl2N2O2. The molecule has 2 heterocycles. The number of carbonyl (C=O) groups excluding carboxylic acids is 1. The van der Waals surface area contributed by atoms with Crippen LogP contribution in [0.15, 0.2) is 53.9 Å². The van der Waals surface area contributed by atoms with Gasteiger partial charge in [-0.15, -0.1) is 0 Å². The Hall–Kier alpha value is -2.43. The first-order chi connectivity index (χ1) is 12.1. The smallest absolute Gasteiger partial charge is 0.259 e. The fourth-order valence-corrected chi connectivity index (χ4v) is 3.64. The summed E-state index contributed by atoms with van der Waals surface area (Å²) in [4.78, 5) is 12.5. The number of rotatable bonds is 2. The highest BCUT2D eigenvalue weighted by atomic mass is 35.5. The molecule has 0 spiro atoms. The zero-order valence-electron chi connectivity index (χ0n) is 13.3. The molecule has 0 saturated carbocycles. The molecule has 0 radical (unpaired) electrons. The Balaban J connectivity index is 2.16. The van der Waals surface area contributed by atoms with Gasteiger partial charge in [0, 0.05) is 32.9 Å². The molecule has 126 valence electrons. The average Bonchev–Trinajstić information content (AvgIpc) is 2.82. The number of carbonyl (C=O) groups is 1. The van der Waals surface area contributed by atoms with Crippen LogP contribution in [0.3, 0.4) is 0 Å². The van der Waals surface area contributed by atoms with Crippen LogP contribution in [-0.2, 0) is 9.53 Å². The molecule has 0 aliphatic carbocycles. The van der Waals surface area contributed by atoms with Crippen LogP contribution in [0.4, 0.5) is 0 Å². The normalized spacial score (nSPS) is 16.0. The molecule has 6 heteroatoms. The lowest BCUT2D eigenvalue weighted by atomic mass is 10.0. The molecule has 2 aromatic rings. The lowest BCUT2D eigenvalue weighted by Crippen LogP contribution is -2.33. The highest BCUT2D eigenvalue weighted by Gasteiger charge is 2.31. The van der Waals surface area contributed by atoms with Gasteiger partial charge in [0.15, 0.2) is 5.88 Å². The van der Waals surface area contributed by atoms with Gasteiger partial charge in [-0.05, 0) is 23.4 Å². The van der Waals surface area contributed by atoms with Crippen molar-refractivity contribution in [3.05, 3.63) is 80.0 Å². The van der Waals surface area contributed by atoms with Gasteiger partial charge in [0.1, 0.15) is 0 Å². The van der Waals surface area contributed by atoms with Gasteiger partial charge < -0.3 is 10.1 Å². The van der Waals surface area contributed by atoms with E-state index in [0.29, 0.717) is 28.0 Å². The predicted octanol–water partition coefficient (Wildman–Crippen LogP) is 1.89. The van der Waals surface area contributed by atoms with E-state index >= 15 is 0 Å².